The van der Waals surface area contributed by atoms with E-state index >= 15 is 0 Å². The first kappa shape index (κ1) is 15.1. The summed E-state index contributed by atoms with van der Waals surface area (Å²) < 4.78 is 0. The van der Waals surface area contributed by atoms with Gasteiger partial charge in [0.05, 0.1) is 11.8 Å². The second kappa shape index (κ2) is 5.59. The first-order chi connectivity index (χ1) is 11.5. The minimum atomic E-state index is 0.0108. The number of hydrogen-bond acceptors (Lipinski definition) is 2. The number of carbonyl (C=O) groups is 1. The zero-order chi connectivity index (χ0) is 16.8. The highest BCUT2D eigenvalue weighted by Crippen LogP contribution is 2.43. The van der Waals surface area contributed by atoms with Crippen LogP contribution in [0.25, 0.3) is 0 Å². The molecule has 0 spiro atoms. The van der Waals surface area contributed by atoms with E-state index in [9.17, 15) is 4.79 Å². The Balaban J connectivity index is 1.81. The van der Waals surface area contributed by atoms with Crippen LogP contribution < -0.4 is 0 Å². The normalized spacial score (nSPS) is 22.0. The van der Waals surface area contributed by atoms with Gasteiger partial charge in [0, 0.05) is 18.4 Å². The molecule has 24 heavy (non-hydrogen) atoms. The molecule has 1 heterocycles. The summed E-state index contributed by atoms with van der Waals surface area (Å²) >= 11 is 0. The minimum Gasteiger partial charge on any atom is -0.273 e. The largest absolute Gasteiger partial charge is 0.273 e. The van der Waals surface area contributed by atoms with Crippen molar-refractivity contribution in [2.45, 2.75) is 39.7 Å². The second-order valence-corrected chi connectivity index (χ2v) is 7.01. The van der Waals surface area contributed by atoms with Gasteiger partial charge in [-0.2, -0.15) is 5.10 Å². The molecule has 1 amide bonds. The molecule has 0 aromatic heterocycles. The van der Waals surface area contributed by atoms with Gasteiger partial charge < -0.3 is 0 Å². The van der Waals surface area contributed by atoms with Crippen LogP contribution in [0.2, 0.25) is 0 Å². The fourth-order valence-electron chi connectivity index (χ4n) is 3.98. The van der Waals surface area contributed by atoms with Crippen LogP contribution in [0.3, 0.4) is 0 Å². The lowest BCUT2D eigenvalue weighted by Gasteiger charge is -2.29. The monoisotopic (exact) mass is 318 g/mol. The Hall–Kier alpha value is -2.42. The Bertz CT molecular complexity index is 835. The van der Waals surface area contributed by atoms with Crippen molar-refractivity contribution >= 4 is 11.6 Å². The van der Waals surface area contributed by atoms with E-state index < -0.39 is 0 Å². The Morgan fingerprint density at radius 2 is 1.79 bits per heavy atom. The summed E-state index contributed by atoms with van der Waals surface area (Å²) in [5.74, 6) is 0.294. The second-order valence-electron chi connectivity index (χ2n) is 7.01. The van der Waals surface area contributed by atoms with E-state index in [1.54, 1.807) is 11.9 Å². The Morgan fingerprint density at radius 3 is 2.50 bits per heavy atom. The van der Waals surface area contributed by atoms with Crippen molar-refractivity contribution < 1.29 is 4.79 Å². The maximum absolute atomic E-state index is 12.2. The molecule has 3 nitrogen and oxygen atoms in total. The van der Waals surface area contributed by atoms with Gasteiger partial charge in [0.15, 0.2) is 0 Å². The number of aryl methyl sites for hydroxylation is 3. The molecule has 2 aromatic rings. The van der Waals surface area contributed by atoms with E-state index in [1.165, 1.54) is 27.8 Å². The lowest BCUT2D eigenvalue weighted by Crippen LogP contribution is -2.31. The summed E-state index contributed by atoms with van der Waals surface area (Å²) in [5, 5.41) is 6.47. The number of rotatable bonds is 1. The van der Waals surface area contributed by atoms with Crippen LogP contribution in [0.15, 0.2) is 47.6 Å². The van der Waals surface area contributed by atoms with Gasteiger partial charge in [-0.05, 0) is 43.9 Å². The van der Waals surface area contributed by atoms with Crippen LogP contribution in [0.4, 0.5) is 0 Å². The number of nitrogens with zero attached hydrogens (tertiary/aromatic N) is 2. The summed E-state index contributed by atoms with van der Waals surface area (Å²) in [5.41, 5.74) is 7.31. The Kier molecular flexibility index (Phi) is 3.52. The molecule has 0 fully saturated rings. The van der Waals surface area contributed by atoms with E-state index in [4.69, 9.17) is 5.10 Å². The maximum Gasteiger partial charge on any atom is 0.240 e. The molecule has 122 valence electrons. The van der Waals surface area contributed by atoms with Gasteiger partial charge >= 0.3 is 0 Å². The van der Waals surface area contributed by atoms with Crippen LogP contribution in [0.5, 0.6) is 0 Å². The fraction of sp³-hybridized carbons (Fsp3) is 0.333. The summed E-state index contributed by atoms with van der Waals surface area (Å²) in [4.78, 5) is 12.2. The summed E-state index contributed by atoms with van der Waals surface area (Å²) in [6.45, 7) is 5.81. The zero-order valence-corrected chi connectivity index (χ0v) is 14.4. The standard InChI is InChI=1S/C21H22N2O/c1-13-4-8-17(9-5-13)21-18-11-10-16-7-6-14(2)12-19(16)20(18)22-23(21)15(3)24/h4-9,12,18,21H,10-11H2,1-3H3/t18-,21+/m1/s1. The molecule has 1 aliphatic carbocycles. The van der Waals surface area contributed by atoms with E-state index in [0.717, 1.165) is 18.6 Å². The van der Waals surface area contributed by atoms with Crippen molar-refractivity contribution in [3.63, 3.8) is 0 Å². The number of benzene rings is 2. The predicted octanol–water partition coefficient (Wildman–Crippen LogP) is 4.17. The van der Waals surface area contributed by atoms with Crippen molar-refractivity contribution in [1.29, 1.82) is 0 Å². The van der Waals surface area contributed by atoms with Crippen LogP contribution in [0, 0.1) is 19.8 Å². The summed E-state index contributed by atoms with van der Waals surface area (Å²) in [6.07, 6.45) is 2.09. The van der Waals surface area contributed by atoms with Gasteiger partial charge in [-0.3, -0.25) is 4.79 Å². The highest BCUT2D eigenvalue weighted by molar-refractivity contribution is 6.06. The molecule has 0 saturated carbocycles. The van der Waals surface area contributed by atoms with Crippen molar-refractivity contribution in [2.75, 3.05) is 0 Å². The molecular formula is C21H22N2O. The molecule has 4 rings (SSSR count). The van der Waals surface area contributed by atoms with Crippen molar-refractivity contribution in [3.8, 4) is 0 Å². The van der Waals surface area contributed by atoms with Gasteiger partial charge in [0.2, 0.25) is 5.91 Å². The topological polar surface area (TPSA) is 32.7 Å². The third kappa shape index (κ3) is 2.35. The van der Waals surface area contributed by atoms with Crippen molar-refractivity contribution in [1.82, 2.24) is 5.01 Å². The Labute approximate surface area is 143 Å². The van der Waals surface area contributed by atoms with Crippen LogP contribution >= 0.6 is 0 Å². The van der Waals surface area contributed by atoms with Crippen LogP contribution in [0.1, 0.15) is 47.2 Å². The average molecular weight is 318 g/mol. The number of hydrogen-bond donors (Lipinski definition) is 0. The van der Waals surface area contributed by atoms with Crippen LogP contribution in [-0.2, 0) is 11.2 Å². The average Bonchev–Trinajstić information content (AvgIpc) is 2.96. The molecule has 1 aliphatic heterocycles. The van der Waals surface area contributed by atoms with Crippen molar-refractivity contribution in [2.24, 2.45) is 11.0 Å². The molecule has 2 aromatic carbocycles. The molecule has 0 radical (unpaired) electrons. The molecule has 0 unspecified atom stereocenters. The van der Waals surface area contributed by atoms with E-state index in [-0.39, 0.29) is 17.9 Å². The molecule has 0 saturated heterocycles. The predicted molar refractivity (Wildman–Crippen MR) is 96.0 cm³/mol. The lowest BCUT2D eigenvalue weighted by atomic mass is 9.77. The van der Waals surface area contributed by atoms with E-state index in [0.29, 0.717) is 0 Å². The number of fused-ring (bicyclic) bond motifs is 3. The molecule has 0 N–H and O–H groups in total. The first-order valence-electron chi connectivity index (χ1n) is 8.59. The molecular weight excluding hydrogens is 296 g/mol. The quantitative estimate of drug-likeness (QED) is 0.776. The third-order valence-corrected chi connectivity index (χ3v) is 5.22. The third-order valence-electron chi connectivity index (χ3n) is 5.22. The number of carbonyl (C=O) groups excluding carboxylic acids is 1. The highest BCUT2D eigenvalue weighted by atomic mass is 16.2. The van der Waals surface area contributed by atoms with Gasteiger partial charge in [-0.15, -0.1) is 0 Å². The SMILES string of the molecule is CC(=O)N1N=C2c3cc(C)ccc3CC[C@H]2[C@@H]1c1ccc(C)cc1. The van der Waals surface area contributed by atoms with E-state index in [1.807, 2.05) is 0 Å². The van der Waals surface area contributed by atoms with Crippen molar-refractivity contribution in [3.05, 3.63) is 70.3 Å². The minimum absolute atomic E-state index is 0.0108. The van der Waals surface area contributed by atoms with Gasteiger partial charge in [-0.25, -0.2) is 5.01 Å². The Morgan fingerprint density at radius 1 is 1.08 bits per heavy atom. The summed E-state index contributed by atoms with van der Waals surface area (Å²) in [6, 6.07) is 15.1. The van der Waals surface area contributed by atoms with E-state index in [2.05, 4.69) is 56.3 Å². The van der Waals surface area contributed by atoms with Gasteiger partial charge in [0.1, 0.15) is 0 Å². The number of hydrazone groups is 1. The van der Waals surface area contributed by atoms with Gasteiger partial charge in [-0.1, -0.05) is 47.5 Å². The number of amides is 1. The first-order valence-corrected chi connectivity index (χ1v) is 8.59. The fourth-order valence-corrected chi connectivity index (χ4v) is 3.98. The van der Waals surface area contributed by atoms with Crippen LogP contribution in [-0.4, -0.2) is 16.6 Å². The highest BCUT2D eigenvalue weighted by Gasteiger charge is 2.42. The maximum atomic E-state index is 12.2. The lowest BCUT2D eigenvalue weighted by molar-refractivity contribution is -0.131. The molecule has 3 heteroatoms. The summed E-state index contributed by atoms with van der Waals surface area (Å²) in [7, 11) is 0. The molecule has 2 atom stereocenters. The zero-order valence-electron chi connectivity index (χ0n) is 14.4. The van der Waals surface area contributed by atoms with Gasteiger partial charge in [0.25, 0.3) is 0 Å². The molecule has 0 bridgehead atoms. The smallest absolute Gasteiger partial charge is 0.240 e. The molecule has 2 aliphatic rings.